The van der Waals surface area contributed by atoms with Gasteiger partial charge in [0, 0.05) is 7.05 Å². The average molecular weight is 360 g/mol. The molecular weight excluding hydrogens is 351 g/mol. The third kappa shape index (κ3) is 2.80. The van der Waals surface area contributed by atoms with Crippen molar-refractivity contribution in [2.24, 2.45) is 12.2 Å². The molecule has 0 aromatic carbocycles. The second-order valence-electron chi connectivity index (χ2n) is 4.41. The minimum absolute atomic E-state index is 0.0189. The number of halogens is 5. The zero-order valence-electron chi connectivity index (χ0n) is 11.6. The molecule has 1 aromatic rings. The van der Waals surface area contributed by atoms with Gasteiger partial charge in [0.15, 0.2) is 16.4 Å². The van der Waals surface area contributed by atoms with Crippen molar-refractivity contribution in [1.29, 1.82) is 0 Å². The Labute approximate surface area is 126 Å². The van der Waals surface area contributed by atoms with Gasteiger partial charge < -0.3 is 4.84 Å². The van der Waals surface area contributed by atoms with E-state index in [9.17, 15) is 30.4 Å². The Hall–Kier alpha value is -2.05. The predicted octanol–water partition coefficient (Wildman–Crippen LogP) is 1.94. The fourth-order valence-corrected chi connectivity index (χ4v) is 2.85. The summed E-state index contributed by atoms with van der Waals surface area (Å²) in [5.74, 6) is -0.0189. The lowest BCUT2D eigenvalue weighted by molar-refractivity contribution is -0.144. The highest BCUT2D eigenvalue weighted by Crippen LogP contribution is 2.42. The average Bonchev–Trinajstić information content (AvgIpc) is 3.04. The maximum atomic E-state index is 14.3. The molecular formula is C10H9F5N4O3S. The zero-order chi connectivity index (χ0) is 17.6. The van der Waals surface area contributed by atoms with E-state index >= 15 is 0 Å². The van der Waals surface area contributed by atoms with E-state index in [0.29, 0.717) is 0 Å². The largest absolute Gasteiger partial charge is 0.437 e. The molecule has 0 aliphatic carbocycles. The summed E-state index contributed by atoms with van der Waals surface area (Å²) < 4.78 is 90.8. The Morgan fingerprint density at radius 3 is 2.22 bits per heavy atom. The molecule has 0 unspecified atom stereocenters. The number of rotatable bonds is 2. The number of aryl methyl sites for hydroxylation is 1. The van der Waals surface area contributed by atoms with Gasteiger partial charge in [-0.05, 0) is 13.0 Å². The molecule has 2 heterocycles. The molecule has 23 heavy (non-hydrogen) atoms. The molecule has 0 saturated heterocycles. The summed E-state index contributed by atoms with van der Waals surface area (Å²) in [6, 6.07) is 0. The summed E-state index contributed by atoms with van der Waals surface area (Å²) in [6.07, 6.45) is -4.60. The molecule has 7 nitrogen and oxygen atoms in total. The van der Waals surface area contributed by atoms with Gasteiger partial charge in [-0.15, -0.1) is 5.10 Å². The molecule has 1 aliphatic rings. The van der Waals surface area contributed by atoms with Gasteiger partial charge in [0.05, 0.1) is 6.42 Å². The number of alkyl halides is 5. The number of hydrogen-bond donors (Lipinski definition) is 0. The lowest BCUT2D eigenvalue weighted by atomic mass is 10.3. The molecule has 1 aromatic heterocycles. The molecule has 0 fully saturated rings. The summed E-state index contributed by atoms with van der Waals surface area (Å²) in [4.78, 5) is 4.72. The van der Waals surface area contributed by atoms with Crippen LogP contribution in [-0.4, -0.2) is 28.5 Å². The molecule has 13 heteroatoms. The number of aromatic nitrogens is 3. The molecule has 2 rings (SSSR count). The summed E-state index contributed by atoms with van der Waals surface area (Å²) in [5.41, 5.74) is -4.09. The summed E-state index contributed by atoms with van der Waals surface area (Å²) in [5, 5.41) is 2.58. The topological polar surface area (TPSA) is 86.4 Å². The highest BCUT2D eigenvalue weighted by molar-refractivity contribution is 8.06. The number of nitrogens with zero attached hydrogens (tertiary/aromatic N) is 4. The molecule has 0 bridgehead atoms. The maximum absolute atomic E-state index is 14.3. The SMILES string of the molecule is C/C=C1/CC(S(=O)(=O)C(F)(F)c2nn(C)nc2C(F)(F)F)=NO1. The van der Waals surface area contributed by atoms with Crippen LogP contribution in [0.4, 0.5) is 22.0 Å². The third-order valence-electron chi connectivity index (χ3n) is 2.82. The molecule has 128 valence electrons. The fraction of sp³-hybridized carbons (Fsp3) is 0.500. The fourth-order valence-electron chi connectivity index (χ4n) is 1.69. The standard InChI is InChI=1S/C10H9F5N4O3S/c1-3-5-4-6(18-22-5)23(20,21)10(14,15)8-7(9(11,12)13)16-19(2)17-8/h3H,4H2,1-2H3/b5-3-. The first kappa shape index (κ1) is 17.3. The van der Waals surface area contributed by atoms with E-state index in [1.54, 1.807) is 0 Å². The quantitative estimate of drug-likeness (QED) is 0.753. The van der Waals surface area contributed by atoms with E-state index in [1.165, 1.54) is 13.0 Å². The van der Waals surface area contributed by atoms with Crippen LogP contribution >= 0.6 is 0 Å². The van der Waals surface area contributed by atoms with Gasteiger partial charge in [0.2, 0.25) is 0 Å². The molecule has 0 saturated carbocycles. The van der Waals surface area contributed by atoms with Crippen LogP contribution in [0.1, 0.15) is 24.7 Å². The number of sulfone groups is 1. The Bertz CT molecular complexity index is 794. The van der Waals surface area contributed by atoms with Gasteiger partial charge in [0.1, 0.15) is 5.76 Å². The predicted molar refractivity (Wildman–Crippen MR) is 65.7 cm³/mol. The maximum Gasteiger partial charge on any atom is 0.437 e. The van der Waals surface area contributed by atoms with Gasteiger partial charge >= 0.3 is 11.4 Å². The Morgan fingerprint density at radius 1 is 1.17 bits per heavy atom. The van der Waals surface area contributed by atoms with Crippen molar-refractivity contribution in [1.82, 2.24) is 15.0 Å². The minimum atomic E-state index is -5.57. The van der Waals surface area contributed by atoms with Crippen molar-refractivity contribution in [2.45, 2.75) is 24.8 Å². The lowest BCUT2D eigenvalue weighted by Crippen LogP contribution is -2.34. The number of hydrogen-bond acceptors (Lipinski definition) is 6. The van der Waals surface area contributed by atoms with Crippen molar-refractivity contribution >= 4 is 14.9 Å². The first-order valence-corrected chi connectivity index (χ1v) is 7.40. The minimum Gasteiger partial charge on any atom is -0.360 e. The van der Waals surface area contributed by atoms with Crippen LogP contribution in [0.3, 0.4) is 0 Å². The van der Waals surface area contributed by atoms with Crippen LogP contribution in [-0.2, 0) is 33.2 Å². The van der Waals surface area contributed by atoms with E-state index < -0.39 is 44.1 Å². The van der Waals surface area contributed by atoms with Crippen LogP contribution in [0, 0.1) is 0 Å². The summed E-state index contributed by atoms with van der Waals surface area (Å²) in [7, 11) is -4.71. The molecule has 0 amide bonds. The Morgan fingerprint density at radius 2 is 1.74 bits per heavy atom. The van der Waals surface area contributed by atoms with Gasteiger partial charge in [-0.3, -0.25) is 0 Å². The summed E-state index contributed by atoms with van der Waals surface area (Å²) >= 11 is 0. The zero-order valence-corrected chi connectivity index (χ0v) is 12.4. The molecule has 0 radical (unpaired) electrons. The van der Waals surface area contributed by atoms with Crippen molar-refractivity contribution in [3.8, 4) is 0 Å². The van der Waals surface area contributed by atoms with E-state index in [2.05, 4.69) is 20.2 Å². The molecule has 0 N–H and O–H groups in total. The van der Waals surface area contributed by atoms with Gasteiger partial charge in [-0.1, -0.05) is 5.16 Å². The van der Waals surface area contributed by atoms with Crippen LogP contribution in [0.5, 0.6) is 0 Å². The first-order valence-electron chi connectivity index (χ1n) is 5.91. The smallest absolute Gasteiger partial charge is 0.360 e. The van der Waals surface area contributed by atoms with Crippen LogP contribution in [0.2, 0.25) is 0 Å². The Kier molecular flexibility index (Phi) is 3.95. The van der Waals surface area contributed by atoms with Gasteiger partial charge in [-0.2, -0.15) is 31.8 Å². The Balaban J connectivity index is 2.55. The van der Waals surface area contributed by atoms with E-state index in [0.717, 1.165) is 7.05 Å². The lowest BCUT2D eigenvalue weighted by Gasteiger charge is -2.15. The third-order valence-corrected chi connectivity index (χ3v) is 4.53. The highest BCUT2D eigenvalue weighted by atomic mass is 32.2. The van der Waals surface area contributed by atoms with Gasteiger partial charge in [0.25, 0.3) is 9.84 Å². The van der Waals surface area contributed by atoms with Crippen LogP contribution in [0.15, 0.2) is 17.0 Å². The van der Waals surface area contributed by atoms with Crippen molar-refractivity contribution in [3.05, 3.63) is 23.2 Å². The molecule has 0 spiro atoms. The first-order chi connectivity index (χ1) is 10.4. The molecule has 0 atom stereocenters. The van der Waals surface area contributed by atoms with E-state index in [4.69, 9.17) is 0 Å². The second-order valence-corrected chi connectivity index (χ2v) is 6.40. The van der Waals surface area contributed by atoms with Crippen LogP contribution < -0.4 is 0 Å². The monoisotopic (exact) mass is 360 g/mol. The number of oxime groups is 1. The van der Waals surface area contributed by atoms with Crippen LogP contribution in [0.25, 0.3) is 0 Å². The molecule has 1 aliphatic heterocycles. The summed E-state index contributed by atoms with van der Waals surface area (Å²) in [6.45, 7) is 1.45. The van der Waals surface area contributed by atoms with Crippen molar-refractivity contribution < 1.29 is 35.2 Å². The van der Waals surface area contributed by atoms with Crippen molar-refractivity contribution in [3.63, 3.8) is 0 Å². The highest BCUT2D eigenvalue weighted by Gasteiger charge is 2.58. The second kappa shape index (κ2) is 5.25. The van der Waals surface area contributed by atoms with E-state index in [1.807, 2.05) is 0 Å². The number of allylic oxidation sites excluding steroid dienone is 2. The van der Waals surface area contributed by atoms with Gasteiger partial charge in [-0.25, -0.2) is 8.42 Å². The van der Waals surface area contributed by atoms with E-state index in [-0.39, 0.29) is 10.6 Å². The van der Waals surface area contributed by atoms with Crippen molar-refractivity contribution in [2.75, 3.05) is 0 Å². The normalized spacial score (nSPS) is 18.2.